The van der Waals surface area contributed by atoms with Crippen LogP contribution in [0.15, 0.2) is 0 Å². The highest BCUT2D eigenvalue weighted by molar-refractivity contribution is 5.83. The van der Waals surface area contributed by atoms with Gasteiger partial charge in [0.15, 0.2) is 0 Å². The van der Waals surface area contributed by atoms with Crippen molar-refractivity contribution in [3.8, 4) is 0 Å². The minimum Gasteiger partial charge on any atom is -0.480 e. The van der Waals surface area contributed by atoms with Crippen molar-refractivity contribution in [3.63, 3.8) is 0 Å². The van der Waals surface area contributed by atoms with E-state index in [1.165, 1.54) is 4.90 Å². The standard InChI is InChI=1S/C16H28N2O3/c1-10-6-7-18(11(8-10)13(19)20)14(21)17-9-12-15(2,3)16(12,4)5/h10-12H,6-9H2,1-5H3,(H,17,21)(H,19,20). The molecule has 0 aromatic heterocycles. The molecule has 0 radical (unpaired) electrons. The number of nitrogens with one attached hydrogen (secondary N) is 1. The van der Waals surface area contributed by atoms with Gasteiger partial charge in [0.25, 0.3) is 0 Å². The van der Waals surface area contributed by atoms with E-state index in [1.807, 2.05) is 6.92 Å². The summed E-state index contributed by atoms with van der Waals surface area (Å²) >= 11 is 0. The van der Waals surface area contributed by atoms with E-state index in [0.717, 1.165) is 6.42 Å². The molecule has 1 saturated heterocycles. The number of carbonyl (C=O) groups is 2. The van der Waals surface area contributed by atoms with Gasteiger partial charge in [-0.05, 0) is 35.5 Å². The largest absolute Gasteiger partial charge is 0.480 e. The summed E-state index contributed by atoms with van der Waals surface area (Å²) in [6, 6.07) is -0.915. The van der Waals surface area contributed by atoms with Gasteiger partial charge in [-0.2, -0.15) is 0 Å². The number of likely N-dealkylation sites (tertiary alicyclic amines) is 1. The predicted molar refractivity (Wildman–Crippen MR) is 81.0 cm³/mol. The van der Waals surface area contributed by atoms with Crippen LogP contribution in [0.3, 0.4) is 0 Å². The number of nitrogens with zero attached hydrogens (tertiary/aromatic N) is 1. The van der Waals surface area contributed by atoms with Crippen LogP contribution in [0.1, 0.15) is 47.5 Å². The van der Waals surface area contributed by atoms with Gasteiger partial charge < -0.3 is 15.3 Å². The van der Waals surface area contributed by atoms with Gasteiger partial charge in [0.2, 0.25) is 0 Å². The molecule has 2 atom stereocenters. The molecule has 2 N–H and O–H groups in total. The molecule has 1 aliphatic carbocycles. The number of rotatable bonds is 3. The number of amides is 2. The SMILES string of the molecule is CC1CCN(C(=O)NCC2C(C)(C)C2(C)C)C(C(=O)O)C1. The maximum absolute atomic E-state index is 12.3. The van der Waals surface area contributed by atoms with Gasteiger partial charge >= 0.3 is 12.0 Å². The molecule has 0 bridgehead atoms. The number of piperidine rings is 1. The van der Waals surface area contributed by atoms with Crippen molar-refractivity contribution in [1.29, 1.82) is 0 Å². The van der Waals surface area contributed by atoms with E-state index in [0.29, 0.717) is 31.3 Å². The lowest BCUT2D eigenvalue weighted by atomic mass is 9.93. The van der Waals surface area contributed by atoms with Crippen molar-refractivity contribution in [1.82, 2.24) is 10.2 Å². The molecule has 1 saturated carbocycles. The lowest BCUT2D eigenvalue weighted by Gasteiger charge is -2.36. The fraction of sp³-hybridized carbons (Fsp3) is 0.875. The van der Waals surface area contributed by atoms with Crippen molar-refractivity contribution < 1.29 is 14.7 Å². The average molecular weight is 296 g/mol. The summed E-state index contributed by atoms with van der Waals surface area (Å²) in [6.07, 6.45) is 1.42. The summed E-state index contributed by atoms with van der Waals surface area (Å²) in [7, 11) is 0. The van der Waals surface area contributed by atoms with Crippen molar-refractivity contribution in [3.05, 3.63) is 0 Å². The topological polar surface area (TPSA) is 69.6 Å². The fourth-order valence-corrected chi connectivity index (χ4v) is 3.75. The smallest absolute Gasteiger partial charge is 0.326 e. The van der Waals surface area contributed by atoms with E-state index in [-0.39, 0.29) is 16.9 Å². The Morgan fingerprint density at radius 2 is 1.81 bits per heavy atom. The summed E-state index contributed by atoms with van der Waals surface area (Å²) in [5.41, 5.74) is 0.450. The molecule has 21 heavy (non-hydrogen) atoms. The first-order valence-electron chi connectivity index (χ1n) is 7.86. The Balaban J connectivity index is 1.92. The van der Waals surface area contributed by atoms with E-state index in [2.05, 4.69) is 33.0 Å². The third-order valence-corrected chi connectivity index (χ3v) is 6.19. The molecule has 2 rings (SSSR count). The van der Waals surface area contributed by atoms with Gasteiger partial charge in [0.05, 0.1) is 0 Å². The zero-order valence-corrected chi connectivity index (χ0v) is 13.8. The normalized spacial score (nSPS) is 30.8. The number of hydrogen-bond acceptors (Lipinski definition) is 2. The maximum atomic E-state index is 12.3. The Kier molecular flexibility index (Phi) is 3.98. The second kappa shape index (κ2) is 5.18. The van der Waals surface area contributed by atoms with Crippen LogP contribution in [0.5, 0.6) is 0 Å². The van der Waals surface area contributed by atoms with Crippen molar-refractivity contribution in [2.24, 2.45) is 22.7 Å². The second-order valence-corrected chi connectivity index (χ2v) is 7.86. The third-order valence-electron chi connectivity index (χ3n) is 6.19. The van der Waals surface area contributed by atoms with Gasteiger partial charge in [0, 0.05) is 13.1 Å². The third kappa shape index (κ3) is 2.74. The Labute approximate surface area is 127 Å². The van der Waals surface area contributed by atoms with Crippen LogP contribution < -0.4 is 5.32 Å². The Hall–Kier alpha value is -1.26. The molecule has 2 amide bonds. The minimum atomic E-state index is -0.899. The zero-order valence-electron chi connectivity index (χ0n) is 13.8. The number of hydrogen-bond donors (Lipinski definition) is 2. The van der Waals surface area contributed by atoms with Crippen LogP contribution >= 0.6 is 0 Å². The fourth-order valence-electron chi connectivity index (χ4n) is 3.75. The van der Waals surface area contributed by atoms with Crippen LogP contribution in [0.25, 0.3) is 0 Å². The number of carbonyl (C=O) groups excluding carboxylic acids is 1. The monoisotopic (exact) mass is 296 g/mol. The van der Waals surface area contributed by atoms with Crippen molar-refractivity contribution in [2.75, 3.05) is 13.1 Å². The van der Waals surface area contributed by atoms with Gasteiger partial charge in [-0.15, -0.1) is 0 Å². The Morgan fingerprint density at radius 1 is 1.24 bits per heavy atom. The van der Waals surface area contributed by atoms with Crippen LogP contribution in [0.2, 0.25) is 0 Å². The van der Waals surface area contributed by atoms with Gasteiger partial charge in [-0.3, -0.25) is 0 Å². The number of carboxylic acids is 1. The van der Waals surface area contributed by atoms with Crippen LogP contribution in [0.4, 0.5) is 4.79 Å². The van der Waals surface area contributed by atoms with Gasteiger partial charge in [-0.1, -0.05) is 34.6 Å². The van der Waals surface area contributed by atoms with Crippen LogP contribution in [-0.2, 0) is 4.79 Å². The van der Waals surface area contributed by atoms with Crippen LogP contribution in [-0.4, -0.2) is 41.1 Å². The minimum absolute atomic E-state index is 0.225. The zero-order chi connectivity index (χ0) is 16.0. The van der Waals surface area contributed by atoms with E-state index >= 15 is 0 Å². The number of carboxylic acid groups (broad SMARTS) is 1. The van der Waals surface area contributed by atoms with Crippen molar-refractivity contribution >= 4 is 12.0 Å². The molecule has 2 aliphatic rings. The Bertz CT molecular complexity index is 431. The molecule has 5 heteroatoms. The first-order chi connectivity index (χ1) is 9.59. The summed E-state index contributed by atoms with van der Waals surface area (Å²) in [4.78, 5) is 25.2. The quantitative estimate of drug-likeness (QED) is 0.841. The molecule has 1 heterocycles. The first-order valence-corrected chi connectivity index (χ1v) is 7.86. The molecule has 120 valence electrons. The highest BCUT2D eigenvalue weighted by Gasteiger charge is 2.64. The molecule has 5 nitrogen and oxygen atoms in total. The summed E-state index contributed by atoms with van der Waals surface area (Å²) in [6.45, 7) is 12.1. The van der Waals surface area contributed by atoms with E-state index < -0.39 is 12.0 Å². The average Bonchev–Trinajstić information content (AvgIpc) is 2.76. The molecule has 0 spiro atoms. The number of urea groups is 1. The van der Waals surface area contributed by atoms with Gasteiger partial charge in [-0.25, -0.2) is 9.59 Å². The van der Waals surface area contributed by atoms with Crippen LogP contribution in [0, 0.1) is 22.7 Å². The second-order valence-electron chi connectivity index (χ2n) is 7.86. The predicted octanol–water partition coefficient (Wildman–Crippen LogP) is 2.56. The molecule has 2 unspecified atom stereocenters. The van der Waals surface area contributed by atoms with Gasteiger partial charge in [0.1, 0.15) is 6.04 Å². The lowest BCUT2D eigenvalue weighted by Crippen LogP contribution is -2.53. The molecule has 1 aliphatic heterocycles. The highest BCUT2D eigenvalue weighted by atomic mass is 16.4. The molecular formula is C16H28N2O3. The van der Waals surface area contributed by atoms with E-state index in [1.54, 1.807) is 0 Å². The molecule has 0 aromatic carbocycles. The Morgan fingerprint density at radius 3 is 2.29 bits per heavy atom. The highest BCUT2D eigenvalue weighted by Crippen LogP contribution is 2.67. The lowest BCUT2D eigenvalue weighted by molar-refractivity contribution is -0.143. The number of aliphatic carboxylic acids is 1. The van der Waals surface area contributed by atoms with E-state index in [4.69, 9.17) is 0 Å². The summed E-state index contributed by atoms with van der Waals surface area (Å²) in [5.74, 6) is -0.0961. The molecule has 2 fully saturated rings. The first kappa shape index (κ1) is 16.1. The summed E-state index contributed by atoms with van der Waals surface area (Å²) < 4.78 is 0. The van der Waals surface area contributed by atoms with E-state index in [9.17, 15) is 14.7 Å². The molecular weight excluding hydrogens is 268 g/mol. The summed E-state index contributed by atoms with van der Waals surface area (Å²) in [5, 5.41) is 12.3. The van der Waals surface area contributed by atoms with Crippen molar-refractivity contribution in [2.45, 2.75) is 53.5 Å². The maximum Gasteiger partial charge on any atom is 0.326 e. The molecule has 0 aromatic rings.